The van der Waals surface area contributed by atoms with E-state index >= 15 is 0 Å². The normalized spacial score (nSPS) is 33.8. The van der Waals surface area contributed by atoms with Crippen LogP contribution in [0.4, 0.5) is 0 Å². The van der Waals surface area contributed by atoms with Crippen LogP contribution < -0.4 is 5.73 Å². The maximum Gasteiger partial charge on any atom is 0.300 e. The summed E-state index contributed by atoms with van der Waals surface area (Å²) >= 11 is 4.78. The number of nitrogens with zero attached hydrogens (tertiary/aromatic N) is 2. The summed E-state index contributed by atoms with van der Waals surface area (Å²) < 4.78 is 0. The molecule has 3 saturated carbocycles. The molecule has 0 amide bonds. The quantitative estimate of drug-likeness (QED) is 0.177. The van der Waals surface area contributed by atoms with E-state index in [-0.39, 0.29) is 38.5 Å². The maximum atomic E-state index is 11.2. The van der Waals surface area contributed by atoms with Crippen molar-refractivity contribution in [3.8, 4) is 0 Å². The smallest absolute Gasteiger partial charge is 0.300 e. The number of carbonyl (C=O) groups is 1. The molecule has 0 aromatic heterocycles. The first-order chi connectivity index (χ1) is 10.8. The number of aliphatic carboxylic acids is 1. The molecule has 0 aliphatic heterocycles. The average molecular weight is 435 g/mol. The van der Waals surface area contributed by atoms with Gasteiger partial charge in [-0.05, 0) is 49.1 Å². The number of nitrogens with two attached hydrogens (primary N) is 1. The molecular weight excluding hydrogens is 405 g/mol. The van der Waals surface area contributed by atoms with Gasteiger partial charge in [0, 0.05) is 35.0 Å². The summed E-state index contributed by atoms with van der Waals surface area (Å²) in [6.07, 6.45) is 8.95. The van der Waals surface area contributed by atoms with Crippen LogP contribution in [0.1, 0.15) is 58.3 Å². The number of hydrogen-bond acceptors (Lipinski definition) is 5. The van der Waals surface area contributed by atoms with Crippen LogP contribution in [0.2, 0.25) is 0 Å². The number of rotatable bonds is 1. The average Bonchev–Trinajstić information content (AvgIpc) is 2.46. The molecule has 8 N–H and O–H groups in total. The fourth-order valence-electron chi connectivity index (χ4n) is 4.53. The van der Waals surface area contributed by atoms with Gasteiger partial charge in [0.2, 0.25) is 0 Å². The minimum absolute atomic E-state index is 0. The van der Waals surface area contributed by atoms with Gasteiger partial charge in [-0.25, -0.2) is 0 Å². The van der Waals surface area contributed by atoms with Crippen molar-refractivity contribution in [1.82, 2.24) is 0 Å². The fraction of sp³-hybridized carbons (Fsp3) is 0.812. The number of carboxylic acids is 1. The number of fused-ring (bicyclic) bond motifs is 4. The van der Waals surface area contributed by atoms with Crippen LogP contribution in [0.5, 0.6) is 0 Å². The number of amidine groups is 1. The Morgan fingerprint density at radius 3 is 2.42 bits per heavy atom. The minimum atomic E-state index is -0.833. The van der Waals surface area contributed by atoms with Crippen molar-refractivity contribution in [1.29, 1.82) is 0 Å². The van der Waals surface area contributed by atoms with Gasteiger partial charge in [0.25, 0.3) is 5.97 Å². The summed E-state index contributed by atoms with van der Waals surface area (Å²) in [5.41, 5.74) is 5.95. The van der Waals surface area contributed by atoms with Gasteiger partial charge in [0.15, 0.2) is 0 Å². The SMILES string of the molecule is CC(=O)O.NC([S-])=N/N=C1\C2CCCC1C1(O)CCCCC1C2.O.O.[Ni]. The van der Waals surface area contributed by atoms with E-state index in [1.807, 2.05) is 0 Å². The van der Waals surface area contributed by atoms with Crippen LogP contribution in [-0.4, -0.2) is 43.6 Å². The monoisotopic (exact) mass is 434 g/mol. The zero-order valence-corrected chi connectivity index (χ0v) is 16.7. The van der Waals surface area contributed by atoms with Crippen LogP contribution in [-0.2, 0) is 33.9 Å². The molecular formula is C16H30N3NiO5S-. The predicted molar refractivity (Wildman–Crippen MR) is 99.3 cm³/mol. The summed E-state index contributed by atoms with van der Waals surface area (Å²) in [6, 6.07) is 0. The summed E-state index contributed by atoms with van der Waals surface area (Å²) in [5, 5.41) is 26.9. The standard InChI is InChI=1S/C14H23N3OS.C2H4O2.Ni.2H2O/c15-13(19)17-16-12-9-4-3-6-11(12)14(18)7-2-1-5-10(14)8-9;1-2(3)4;;;/h9-11,18H,1-8H2,(H3,15,17,19);1H3,(H,3,4);;2*1H2/p-1/b16-12+;;;;. The van der Waals surface area contributed by atoms with Gasteiger partial charge in [-0.3, -0.25) is 4.79 Å². The van der Waals surface area contributed by atoms with E-state index in [1.54, 1.807) is 0 Å². The van der Waals surface area contributed by atoms with Crippen molar-refractivity contribution in [3.63, 3.8) is 0 Å². The molecule has 3 rings (SSSR count). The molecule has 156 valence electrons. The van der Waals surface area contributed by atoms with Crippen molar-refractivity contribution in [2.45, 2.75) is 63.9 Å². The number of aliphatic hydroxyl groups is 1. The van der Waals surface area contributed by atoms with Gasteiger partial charge >= 0.3 is 0 Å². The van der Waals surface area contributed by atoms with E-state index in [0.29, 0.717) is 11.8 Å². The van der Waals surface area contributed by atoms with Gasteiger partial charge < -0.3 is 39.5 Å². The van der Waals surface area contributed by atoms with E-state index in [1.165, 1.54) is 25.7 Å². The van der Waals surface area contributed by atoms with Crippen LogP contribution in [0.3, 0.4) is 0 Å². The Labute approximate surface area is 169 Å². The Morgan fingerprint density at radius 1 is 1.23 bits per heavy atom. The molecule has 0 saturated heterocycles. The molecule has 10 heteroatoms. The Morgan fingerprint density at radius 2 is 1.85 bits per heavy atom. The zero-order valence-electron chi connectivity index (χ0n) is 14.9. The van der Waals surface area contributed by atoms with Crippen molar-refractivity contribution in [2.75, 3.05) is 0 Å². The molecule has 4 atom stereocenters. The van der Waals surface area contributed by atoms with Gasteiger partial charge in [-0.2, -0.15) is 10.2 Å². The maximum absolute atomic E-state index is 11.2. The van der Waals surface area contributed by atoms with Crippen LogP contribution in [0.15, 0.2) is 10.2 Å². The summed E-state index contributed by atoms with van der Waals surface area (Å²) in [5.74, 6) is 0.295. The molecule has 2 bridgehead atoms. The zero-order chi connectivity index (χ0) is 17.0. The first kappa shape index (κ1) is 27.4. The number of hydrogen-bond donors (Lipinski definition) is 3. The Bertz CT molecular complexity index is 512. The molecule has 3 aliphatic carbocycles. The van der Waals surface area contributed by atoms with E-state index in [2.05, 4.69) is 10.2 Å². The molecule has 26 heavy (non-hydrogen) atoms. The summed E-state index contributed by atoms with van der Waals surface area (Å²) in [6.45, 7) is 1.08. The van der Waals surface area contributed by atoms with Gasteiger partial charge in [0.05, 0.1) is 5.60 Å². The Balaban J connectivity index is 0. The topological polar surface area (TPSA) is 171 Å². The third-order valence-corrected chi connectivity index (χ3v) is 5.43. The largest absolute Gasteiger partial charge is 0.741 e. The molecule has 0 heterocycles. The second kappa shape index (κ2) is 11.8. The van der Waals surface area contributed by atoms with E-state index in [4.69, 9.17) is 28.3 Å². The molecule has 0 radical (unpaired) electrons. The van der Waals surface area contributed by atoms with Gasteiger partial charge in [-0.1, -0.05) is 19.3 Å². The number of carboxylic acid groups (broad SMARTS) is 1. The van der Waals surface area contributed by atoms with Crippen molar-refractivity contribution < 1.29 is 42.5 Å². The molecule has 3 aliphatic rings. The second-order valence-electron chi connectivity index (χ2n) is 6.83. The van der Waals surface area contributed by atoms with Crippen LogP contribution in [0.25, 0.3) is 0 Å². The first-order valence-corrected chi connectivity index (χ1v) is 8.75. The third-order valence-electron chi connectivity index (χ3n) is 5.34. The van der Waals surface area contributed by atoms with E-state index in [0.717, 1.165) is 38.3 Å². The van der Waals surface area contributed by atoms with Crippen LogP contribution >= 0.6 is 0 Å². The molecule has 0 aromatic carbocycles. The van der Waals surface area contributed by atoms with Crippen molar-refractivity contribution in [3.05, 3.63) is 0 Å². The van der Waals surface area contributed by atoms with E-state index in [9.17, 15) is 5.11 Å². The Kier molecular flexibility index (Phi) is 12.5. The van der Waals surface area contributed by atoms with Crippen molar-refractivity contribution >= 4 is 29.5 Å². The summed E-state index contributed by atoms with van der Waals surface area (Å²) in [4.78, 5) is 9.00. The van der Waals surface area contributed by atoms with Crippen molar-refractivity contribution in [2.24, 2.45) is 33.7 Å². The van der Waals surface area contributed by atoms with Gasteiger partial charge in [-0.15, -0.1) is 0 Å². The predicted octanol–water partition coefficient (Wildman–Crippen LogP) is 0.384. The molecule has 0 aromatic rings. The minimum Gasteiger partial charge on any atom is -0.741 e. The Hall–Kier alpha value is -0.796. The molecule has 0 spiro atoms. The summed E-state index contributed by atoms with van der Waals surface area (Å²) in [7, 11) is 0. The van der Waals surface area contributed by atoms with Gasteiger partial charge in [0.1, 0.15) is 0 Å². The first-order valence-electron chi connectivity index (χ1n) is 8.34. The third kappa shape index (κ3) is 6.42. The molecule has 4 unspecified atom stereocenters. The fourth-order valence-corrected chi connectivity index (χ4v) is 4.57. The van der Waals surface area contributed by atoms with Crippen LogP contribution in [0, 0.1) is 17.8 Å². The second-order valence-corrected chi connectivity index (χ2v) is 7.25. The molecule has 3 fully saturated rings. The van der Waals surface area contributed by atoms with E-state index < -0.39 is 11.6 Å². The molecule has 8 nitrogen and oxygen atoms in total.